The lowest BCUT2D eigenvalue weighted by atomic mass is 10.1. The van der Waals surface area contributed by atoms with E-state index in [1.54, 1.807) is 11.8 Å². The molecule has 1 unspecified atom stereocenters. The first-order valence-corrected chi connectivity index (χ1v) is 10.7. The molecule has 1 heterocycles. The quantitative estimate of drug-likeness (QED) is 0.549. The number of carbonyl (C=O) groups excluding carboxylic acids is 1. The van der Waals surface area contributed by atoms with Crippen molar-refractivity contribution in [1.82, 2.24) is 4.90 Å². The predicted octanol–water partition coefficient (Wildman–Crippen LogP) is 6.38. The van der Waals surface area contributed by atoms with Gasteiger partial charge < -0.3 is 15.0 Å². The van der Waals surface area contributed by atoms with E-state index in [1.165, 1.54) is 5.56 Å². The first-order valence-electron chi connectivity index (χ1n) is 9.69. The van der Waals surface area contributed by atoms with Crippen LogP contribution in [0.15, 0.2) is 72.8 Å². The Kier molecular flexibility index (Phi) is 5.76. The molecule has 5 heteroatoms. The number of carbonyl (C=O) groups is 1. The molecule has 1 fully saturated rings. The third-order valence-electron chi connectivity index (χ3n) is 4.90. The van der Waals surface area contributed by atoms with E-state index in [1.807, 2.05) is 72.5 Å². The van der Waals surface area contributed by atoms with Crippen molar-refractivity contribution in [3.63, 3.8) is 0 Å². The third kappa shape index (κ3) is 4.57. The predicted molar refractivity (Wildman–Crippen MR) is 120 cm³/mol. The van der Waals surface area contributed by atoms with E-state index >= 15 is 0 Å². The number of benzene rings is 3. The van der Waals surface area contributed by atoms with Gasteiger partial charge >= 0.3 is 6.03 Å². The molecule has 4 rings (SSSR count). The van der Waals surface area contributed by atoms with Crippen molar-refractivity contribution >= 4 is 23.5 Å². The number of urea groups is 1. The van der Waals surface area contributed by atoms with E-state index in [-0.39, 0.29) is 11.4 Å². The first kappa shape index (κ1) is 19.4. The molecule has 1 atom stereocenters. The highest BCUT2D eigenvalue weighted by Crippen LogP contribution is 2.39. The van der Waals surface area contributed by atoms with Crippen molar-refractivity contribution in [3.05, 3.63) is 89.5 Å². The van der Waals surface area contributed by atoms with E-state index in [2.05, 4.69) is 24.4 Å². The number of nitrogens with zero attached hydrogens (tertiary/aromatic N) is 1. The summed E-state index contributed by atoms with van der Waals surface area (Å²) in [5, 5.41) is 3.05. The van der Waals surface area contributed by atoms with Crippen molar-refractivity contribution in [1.29, 1.82) is 0 Å². The number of hydrogen-bond donors (Lipinski definition) is 1. The normalized spacial score (nSPS) is 15.9. The van der Waals surface area contributed by atoms with Crippen LogP contribution in [0.2, 0.25) is 0 Å². The maximum absolute atomic E-state index is 13.0. The topological polar surface area (TPSA) is 41.6 Å². The van der Waals surface area contributed by atoms with Gasteiger partial charge in [0.05, 0.1) is 0 Å². The van der Waals surface area contributed by atoms with Crippen LogP contribution in [0.1, 0.15) is 22.1 Å². The summed E-state index contributed by atoms with van der Waals surface area (Å²) in [6, 6.07) is 23.7. The fourth-order valence-electron chi connectivity index (χ4n) is 3.45. The molecule has 0 saturated carbocycles. The van der Waals surface area contributed by atoms with Gasteiger partial charge in [-0.05, 0) is 55.3 Å². The number of anilines is 1. The van der Waals surface area contributed by atoms with Crippen LogP contribution in [0.5, 0.6) is 11.5 Å². The fourth-order valence-corrected chi connectivity index (χ4v) is 4.70. The maximum Gasteiger partial charge on any atom is 0.323 e. The van der Waals surface area contributed by atoms with Crippen LogP contribution >= 0.6 is 11.8 Å². The molecule has 2 amide bonds. The molecule has 1 aliphatic heterocycles. The highest BCUT2D eigenvalue weighted by molar-refractivity contribution is 7.99. The Morgan fingerprint density at radius 2 is 1.79 bits per heavy atom. The summed E-state index contributed by atoms with van der Waals surface area (Å²) in [5.41, 5.74) is 4.18. The maximum atomic E-state index is 13.0. The van der Waals surface area contributed by atoms with E-state index < -0.39 is 0 Å². The van der Waals surface area contributed by atoms with Crippen LogP contribution in [-0.2, 0) is 0 Å². The van der Waals surface area contributed by atoms with Gasteiger partial charge in [-0.1, -0.05) is 48.0 Å². The molecular formula is C24H24N2O2S. The van der Waals surface area contributed by atoms with Gasteiger partial charge in [-0.2, -0.15) is 0 Å². The molecule has 3 aromatic rings. The van der Waals surface area contributed by atoms with Crippen molar-refractivity contribution < 1.29 is 9.53 Å². The fraction of sp³-hybridized carbons (Fsp3) is 0.208. The second kappa shape index (κ2) is 8.62. The zero-order chi connectivity index (χ0) is 20.2. The average molecular weight is 405 g/mol. The van der Waals surface area contributed by atoms with Gasteiger partial charge in [0.1, 0.15) is 16.9 Å². The summed E-state index contributed by atoms with van der Waals surface area (Å²) >= 11 is 1.77. The lowest BCUT2D eigenvalue weighted by Crippen LogP contribution is -2.34. The Hall–Kier alpha value is -2.92. The molecule has 0 aromatic heterocycles. The molecule has 0 spiro atoms. The Morgan fingerprint density at radius 1 is 1.00 bits per heavy atom. The van der Waals surface area contributed by atoms with E-state index in [0.717, 1.165) is 40.6 Å². The molecule has 3 aromatic carbocycles. The zero-order valence-corrected chi connectivity index (χ0v) is 17.4. The lowest BCUT2D eigenvalue weighted by molar-refractivity contribution is 0.214. The Morgan fingerprint density at radius 3 is 2.59 bits per heavy atom. The van der Waals surface area contributed by atoms with Gasteiger partial charge in [-0.3, -0.25) is 0 Å². The van der Waals surface area contributed by atoms with Gasteiger partial charge in [0.15, 0.2) is 0 Å². The number of nitrogens with one attached hydrogen (secondary N) is 1. The molecule has 29 heavy (non-hydrogen) atoms. The average Bonchev–Trinajstić information content (AvgIpc) is 3.21. The second-order valence-corrected chi connectivity index (χ2v) is 8.34. The summed E-state index contributed by atoms with van der Waals surface area (Å²) < 4.78 is 5.97. The lowest BCUT2D eigenvalue weighted by Gasteiger charge is -2.25. The van der Waals surface area contributed by atoms with Crippen LogP contribution in [0, 0.1) is 13.8 Å². The standard InChI is InChI=1S/C24H24N2O2S/c1-17-11-12-22(18(2)15-17)25-24(27)26-13-14-29-23(26)19-7-6-10-21(16-19)28-20-8-4-3-5-9-20/h3-12,15-16,23H,13-14H2,1-2H3,(H,25,27). The SMILES string of the molecule is Cc1ccc(NC(=O)N2CCSC2c2cccc(Oc3ccccc3)c2)c(C)c1. The number of para-hydroxylation sites is 1. The van der Waals surface area contributed by atoms with Crippen molar-refractivity contribution in [2.24, 2.45) is 0 Å². The molecular weight excluding hydrogens is 380 g/mol. The number of hydrogen-bond acceptors (Lipinski definition) is 3. The minimum absolute atomic E-state index is 0.0277. The molecule has 0 bridgehead atoms. The van der Waals surface area contributed by atoms with Crippen LogP contribution in [0.25, 0.3) is 0 Å². The van der Waals surface area contributed by atoms with Crippen LogP contribution < -0.4 is 10.1 Å². The summed E-state index contributed by atoms with van der Waals surface area (Å²) in [4.78, 5) is 14.9. The van der Waals surface area contributed by atoms with Crippen molar-refractivity contribution in [2.45, 2.75) is 19.2 Å². The van der Waals surface area contributed by atoms with Gasteiger partial charge in [-0.25, -0.2) is 4.79 Å². The number of ether oxygens (including phenoxy) is 1. The molecule has 0 radical (unpaired) electrons. The highest BCUT2D eigenvalue weighted by atomic mass is 32.2. The molecule has 1 N–H and O–H groups in total. The molecule has 1 saturated heterocycles. The molecule has 1 aliphatic rings. The van der Waals surface area contributed by atoms with Crippen LogP contribution in [0.4, 0.5) is 10.5 Å². The summed E-state index contributed by atoms with van der Waals surface area (Å²) in [7, 11) is 0. The number of amides is 2. The van der Waals surface area contributed by atoms with E-state index in [9.17, 15) is 4.79 Å². The van der Waals surface area contributed by atoms with E-state index in [0.29, 0.717) is 0 Å². The second-order valence-electron chi connectivity index (χ2n) is 7.15. The summed E-state index contributed by atoms with van der Waals surface area (Å²) in [5.74, 6) is 2.48. The number of aryl methyl sites for hydroxylation is 2. The van der Waals surface area contributed by atoms with Crippen molar-refractivity contribution in [3.8, 4) is 11.5 Å². The smallest absolute Gasteiger partial charge is 0.323 e. The van der Waals surface area contributed by atoms with Crippen LogP contribution in [0.3, 0.4) is 0 Å². The zero-order valence-electron chi connectivity index (χ0n) is 16.6. The highest BCUT2D eigenvalue weighted by Gasteiger charge is 2.31. The number of rotatable bonds is 4. The Labute approximate surface area is 175 Å². The van der Waals surface area contributed by atoms with E-state index in [4.69, 9.17) is 4.74 Å². The first-order chi connectivity index (χ1) is 14.1. The largest absolute Gasteiger partial charge is 0.457 e. The monoisotopic (exact) mass is 404 g/mol. The number of thioether (sulfide) groups is 1. The van der Waals surface area contributed by atoms with Gasteiger partial charge in [0.25, 0.3) is 0 Å². The summed E-state index contributed by atoms with van der Waals surface area (Å²) in [6.45, 7) is 4.79. The van der Waals surface area contributed by atoms with Gasteiger partial charge in [0, 0.05) is 18.0 Å². The van der Waals surface area contributed by atoms with Crippen LogP contribution in [-0.4, -0.2) is 23.2 Å². The Bertz CT molecular complexity index is 1010. The van der Waals surface area contributed by atoms with Gasteiger partial charge in [0.2, 0.25) is 0 Å². The molecule has 0 aliphatic carbocycles. The minimum atomic E-state index is -0.0682. The third-order valence-corrected chi connectivity index (χ3v) is 6.16. The summed E-state index contributed by atoms with van der Waals surface area (Å²) in [6.07, 6.45) is 0. The van der Waals surface area contributed by atoms with Gasteiger partial charge in [-0.15, -0.1) is 11.8 Å². The Balaban J connectivity index is 1.50. The molecule has 4 nitrogen and oxygen atoms in total. The van der Waals surface area contributed by atoms with Crippen molar-refractivity contribution in [2.75, 3.05) is 17.6 Å². The molecule has 148 valence electrons. The minimum Gasteiger partial charge on any atom is -0.457 e.